The number of rotatable bonds is 5. The summed E-state index contributed by atoms with van der Waals surface area (Å²) in [5.41, 5.74) is 6.47. The molecule has 0 bridgehead atoms. The summed E-state index contributed by atoms with van der Waals surface area (Å²) < 4.78 is 18.9. The van der Waals surface area contributed by atoms with Crippen LogP contribution in [0.5, 0.6) is 5.75 Å². The first kappa shape index (κ1) is 14.0. The average Bonchev–Trinajstić information content (AvgIpc) is 2.46. The Morgan fingerprint density at radius 1 is 1.25 bits per heavy atom. The third-order valence-corrected chi connectivity index (χ3v) is 2.77. The lowest BCUT2D eigenvalue weighted by molar-refractivity contribution is -0.385. The molecule has 5 nitrogen and oxygen atoms in total. The smallest absolute Gasteiger partial charge is 0.272 e. The first-order valence-electron chi connectivity index (χ1n) is 5.95. The van der Waals surface area contributed by atoms with E-state index in [0.29, 0.717) is 0 Å². The van der Waals surface area contributed by atoms with Gasteiger partial charge in [0.15, 0.2) is 11.6 Å². The maximum atomic E-state index is 13.6. The summed E-state index contributed by atoms with van der Waals surface area (Å²) in [6, 6.07) is 12.1. The molecule has 0 aliphatic rings. The molecule has 2 N–H and O–H groups in total. The number of ether oxygens (including phenoxy) is 1. The molecule has 0 saturated heterocycles. The zero-order valence-electron chi connectivity index (χ0n) is 10.5. The van der Waals surface area contributed by atoms with E-state index in [-0.39, 0.29) is 18.0 Å². The van der Waals surface area contributed by atoms with E-state index < -0.39 is 16.8 Å². The predicted molar refractivity (Wildman–Crippen MR) is 71.9 cm³/mol. The molecular formula is C14H13FN2O3. The first-order valence-corrected chi connectivity index (χ1v) is 5.95. The third kappa shape index (κ3) is 3.30. The molecule has 0 amide bonds. The lowest BCUT2D eigenvalue weighted by Gasteiger charge is -2.13. The molecule has 1 atom stereocenters. The number of nitro benzene ring substituents is 1. The number of nitrogens with zero attached hydrogens (tertiary/aromatic N) is 1. The van der Waals surface area contributed by atoms with Gasteiger partial charge in [-0.1, -0.05) is 30.3 Å². The van der Waals surface area contributed by atoms with Crippen molar-refractivity contribution in [3.05, 3.63) is 70.0 Å². The fourth-order valence-corrected chi connectivity index (χ4v) is 1.70. The SMILES string of the molecule is NC(COc1ccc([N+](=O)[O-])cc1F)c1ccccc1. The molecule has 0 saturated carbocycles. The largest absolute Gasteiger partial charge is 0.489 e. The fourth-order valence-electron chi connectivity index (χ4n) is 1.70. The highest BCUT2D eigenvalue weighted by atomic mass is 19.1. The summed E-state index contributed by atoms with van der Waals surface area (Å²) in [7, 11) is 0. The van der Waals surface area contributed by atoms with Crippen LogP contribution in [-0.2, 0) is 0 Å². The van der Waals surface area contributed by atoms with Crippen LogP contribution in [0.3, 0.4) is 0 Å². The topological polar surface area (TPSA) is 78.4 Å². The van der Waals surface area contributed by atoms with Gasteiger partial charge < -0.3 is 10.5 Å². The van der Waals surface area contributed by atoms with Gasteiger partial charge in [-0.3, -0.25) is 10.1 Å². The summed E-state index contributed by atoms with van der Waals surface area (Å²) in [5, 5.41) is 10.5. The number of hydrogen-bond acceptors (Lipinski definition) is 4. The Morgan fingerprint density at radius 2 is 1.95 bits per heavy atom. The molecule has 2 aromatic rings. The molecule has 0 heterocycles. The molecule has 104 valence electrons. The fraction of sp³-hybridized carbons (Fsp3) is 0.143. The van der Waals surface area contributed by atoms with Crippen molar-refractivity contribution < 1.29 is 14.1 Å². The third-order valence-electron chi connectivity index (χ3n) is 2.77. The van der Waals surface area contributed by atoms with Gasteiger partial charge in [-0.25, -0.2) is 4.39 Å². The van der Waals surface area contributed by atoms with Gasteiger partial charge in [-0.2, -0.15) is 0 Å². The van der Waals surface area contributed by atoms with E-state index in [2.05, 4.69) is 0 Å². The summed E-state index contributed by atoms with van der Waals surface area (Å²) in [4.78, 5) is 9.83. The van der Waals surface area contributed by atoms with Gasteiger partial charge in [0.05, 0.1) is 17.0 Å². The zero-order chi connectivity index (χ0) is 14.5. The van der Waals surface area contributed by atoms with Crippen molar-refractivity contribution >= 4 is 5.69 Å². The van der Waals surface area contributed by atoms with Gasteiger partial charge in [0.2, 0.25) is 0 Å². The highest BCUT2D eigenvalue weighted by Crippen LogP contribution is 2.23. The van der Waals surface area contributed by atoms with E-state index >= 15 is 0 Å². The molecule has 0 fully saturated rings. The number of benzene rings is 2. The van der Waals surface area contributed by atoms with Crippen LogP contribution >= 0.6 is 0 Å². The van der Waals surface area contributed by atoms with Crippen molar-refractivity contribution in [1.82, 2.24) is 0 Å². The molecule has 0 spiro atoms. The van der Waals surface area contributed by atoms with Gasteiger partial charge in [0.1, 0.15) is 6.61 Å². The second kappa shape index (κ2) is 6.12. The molecule has 2 aromatic carbocycles. The predicted octanol–water partition coefficient (Wildman–Crippen LogP) is 2.81. The lowest BCUT2D eigenvalue weighted by Crippen LogP contribution is -2.19. The van der Waals surface area contributed by atoms with Crippen LogP contribution in [0.2, 0.25) is 0 Å². The second-order valence-electron chi connectivity index (χ2n) is 4.20. The summed E-state index contributed by atoms with van der Waals surface area (Å²) >= 11 is 0. The average molecular weight is 276 g/mol. The number of nitro groups is 1. The van der Waals surface area contributed by atoms with Crippen molar-refractivity contribution in [2.24, 2.45) is 5.73 Å². The maximum Gasteiger partial charge on any atom is 0.272 e. The van der Waals surface area contributed by atoms with E-state index in [9.17, 15) is 14.5 Å². The number of hydrogen-bond donors (Lipinski definition) is 1. The second-order valence-corrected chi connectivity index (χ2v) is 4.20. The minimum absolute atomic E-state index is 0.0537. The molecule has 1 unspecified atom stereocenters. The van der Waals surface area contributed by atoms with E-state index in [4.69, 9.17) is 10.5 Å². The van der Waals surface area contributed by atoms with Gasteiger partial charge in [-0.15, -0.1) is 0 Å². The van der Waals surface area contributed by atoms with E-state index in [1.807, 2.05) is 30.3 Å². The Labute approximate surface area is 114 Å². The quantitative estimate of drug-likeness (QED) is 0.672. The highest BCUT2D eigenvalue weighted by molar-refractivity contribution is 5.37. The van der Waals surface area contributed by atoms with Crippen molar-refractivity contribution in [3.8, 4) is 5.75 Å². The van der Waals surface area contributed by atoms with Crippen LogP contribution in [0, 0.1) is 15.9 Å². The van der Waals surface area contributed by atoms with Crippen molar-refractivity contribution in [2.75, 3.05) is 6.61 Å². The highest BCUT2D eigenvalue weighted by Gasteiger charge is 2.13. The molecule has 0 aliphatic heterocycles. The van der Waals surface area contributed by atoms with E-state index in [0.717, 1.165) is 11.6 Å². The van der Waals surface area contributed by atoms with Crippen molar-refractivity contribution in [3.63, 3.8) is 0 Å². The Hall–Kier alpha value is -2.47. The van der Waals surface area contributed by atoms with Crippen molar-refractivity contribution in [2.45, 2.75) is 6.04 Å². The Morgan fingerprint density at radius 3 is 2.55 bits per heavy atom. The Kier molecular flexibility index (Phi) is 4.27. The van der Waals surface area contributed by atoms with Crippen LogP contribution in [0.4, 0.5) is 10.1 Å². The van der Waals surface area contributed by atoms with Gasteiger partial charge in [-0.05, 0) is 11.6 Å². The van der Waals surface area contributed by atoms with Crippen LogP contribution in [0.25, 0.3) is 0 Å². The normalized spacial score (nSPS) is 11.9. The van der Waals surface area contributed by atoms with Crippen LogP contribution in [-0.4, -0.2) is 11.5 Å². The summed E-state index contributed by atoms with van der Waals surface area (Å²) in [6.45, 7) is 0.0821. The molecule has 0 aliphatic carbocycles. The van der Waals surface area contributed by atoms with Crippen LogP contribution in [0.1, 0.15) is 11.6 Å². The van der Waals surface area contributed by atoms with Gasteiger partial charge in [0, 0.05) is 6.07 Å². The van der Waals surface area contributed by atoms with Crippen molar-refractivity contribution in [1.29, 1.82) is 0 Å². The molecule has 2 rings (SSSR count). The number of nitrogens with two attached hydrogens (primary N) is 1. The van der Waals surface area contributed by atoms with Gasteiger partial charge >= 0.3 is 0 Å². The van der Waals surface area contributed by atoms with Crippen LogP contribution < -0.4 is 10.5 Å². The molecule has 20 heavy (non-hydrogen) atoms. The molecular weight excluding hydrogens is 263 g/mol. The lowest BCUT2D eigenvalue weighted by atomic mass is 10.1. The first-order chi connectivity index (χ1) is 9.58. The van der Waals surface area contributed by atoms with E-state index in [1.165, 1.54) is 12.1 Å². The minimum atomic E-state index is -0.778. The maximum absolute atomic E-state index is 13.6. The minimum Gasteiger partial charge on any atom is -0.489 e. The molecule has 0 radical (unpaired) electrons. The molecule has 6 heteroatoms. The van der Waals surface area contributed by atoms with Crippen LogP contribution in [0.15, 0.2) is 48.5 Å². The molecule has 0 aromatic heterocycles. The standard InChI is InChI=1S/C14H13FN2O3/c15-12-8-11(17(18)19)6-7-14(12)20-9-13(16)10-4-2-1-3-5-10/h1-8,13H,9,16H2. The summed E-state index contributed by atoms with van der Waals surface area (Å²) in [5.74, 6) is -0.832. The Balaban J connectivity index is 2.02. The zero-order valence-corrected chi connectivity index (χ0v) is 10.5. The van der Waals surface area contributed by atoms with Gasteiger partial charge in [0.25, 0.3) is 5.69 Å². The number of halogens is 1. The summed E-state index contributed by atoms with van der Waals surface area (Å²) in [6.07, 6.45) is 0. The van der Waals surface area contributed by atoms with E-state index in [1.54, 1.807) is 0 Å². The Bertz CT molecular complexity index is 605. The number of non-ortho nitro benzene ring substituents is 1. The monoisotopic (exact) mass is 276 g/mol.